The summed E-state index contributed by atoms with van der Waals surface area (Å²) >= 11 is 0. The number of aliphatic hydroxyl groups is 2. The molecule has 4 N–H and O–H groups in total. The molecule has 0 aliphatic carbocycles. The monoisotopic (exact) mass is 425 g/mol. The second kappa shape index (κ2) is 15.0. The lowest BCUT2D eigenvalue weighted by atomic mass is 10.1. The molecule has 166 valence electrons. The van der Waals surface area contributed by atoms with Gasteiger partial charge < -0.3 is 25.4 Å². The Balaban J connectivity index is 1.90. The van der Waals surface area contributed by atoms with Gasteiger partial charge in [-0.25, -0.2) is 0 Å². The number of rotatable bonds is 16. The van der Waals surface area contributed by atoms with E-state index in [4.69, 9.17) is 18.4 Å². The van der Waals surface area contributed by atoms with Crippen LogP contribution < -0.4 is 5.32 Å². The average Bonchev–Trinajstić information content (AvgIpc) is 2.82. The Hall–Kier alpha value is -1.92. The number of ether oxygens (including phenoxy) is 1. The molecule has 5 nitrogen and oxygen atoms in total. The highest BCUT2D eigenvalue weighted by Crippen LogP contribution is 2.22. The summed E-state index contributed by atoms with van der Waals surface area (Å²) in [6.07, 6.45) is 0.668. The highest BCUT2D eigenvalue weighted by atomic mass is 16.5. The molecule has 0 aliphatic heterocycles. The molecule has 0 spiro atoms. The minimum atomic E-state index is -3.58. The standard InChI is InChI=1S/C25H37NO4/c27-20-23-18-22(13-14-24(23)28)25(29)19-26-15-7-1-2-8-16-30-17-9-6-12-21-10-4-3-5-11-21/h3-5,10-11,13-14,18,25-29H,1-2,6-9,12,15-17,19-20H2/i13D,14D,15D2,18D,19D2,20D2,25D. The van der Waals surface area contributed by atoms with E-state index in [9.17, 15) is 15.3 Å². The molecule has 0 bridgehead atoms. The summed E-state index contributed by atoms with van der Waals surface area (Å²) in [5, 5.41) is 32.4. The molecule has 0 radical (unpaired) electrons. The maximum absolute atomic E-state index is 10.8. The van der Waals surface area contributed by atoms with Crippen LogP contribution in [0, 0.1) is 0 Å². The maximum Gasteiger partial charge on any atom is 0.121 e. The van der Waals surface area contributed by atoms with E-state index in [1.807, 2.05) is 23.5 Å². The van der Waals surface area contributed by atoms with Gasteiger partial charge in [0, 0.05) is 30.8 Å². The Bertz CT molecular complexity index is 1110. The van der Waals surface area contributed by atoms with Crippen LogP contribution >= 0.6 is 0 Å². The molecule has 0 heterocycles. The van der Waals surface area contributed by atoms with Crippen molar-refractivity contribution in [1.29, 1.82) is 0 Å². The van der Waals surface area contributed by atoms with Gasteiger partial charge in [-0.3, -0.25) is 0 Å². The summed E-state index contributed by atoms with van der Waals surface area (Å²) in [7, 11) is 0. The van der Waals surface area contributed by atoms with Crippen LogP contribution in [0.3, 0.4) is 0 Å². The van der Waals surface area contributed by atoms with Gasteiger partial charge in [0.2, 0.25) is 0 Å². The van der Waals surface area contributed by atoms with Crippen molar-refractivity contribution in [3.05, 3.63) is 65.1 Å². The van der Waals surface area contributed by atoms with E-state index in [1.165, 1.54) is 5.56 Å². The summed E-state index contributed by atoms with van der Waals surface area (Å²) in [5.74, 6) is -1.26. The fourth-order valence-corrected chi connectivity index (χ4v) is 2.70. The van der Waals surface area contributed by atoms with Crippen LogP contribution in [0.5, 0.6) is 5.75 Å². The lowest BCUT2D eigenvalue weighted by molar-refractivity contribution is 0.126. The van der Waals surface area contributed by atoms with Gasteiger partial charge in [0.1, 0.15) is 5.75 Å². The molecule has 0 amide bonds. The van der Waals surface area contributed by atoms with Crippen LogP contribution in [0.1, 0.15) is 75.0 Å². The number of phenols is 1. The fourth-order valence-electron chi connectivity index (χ4n) is 2.70. The molecule has 1 atom stereocenters. The molecule has 0 aromatic heterocycles. The molecular weight excluding hydrogens is 378 g/mol. The minimum Gasteiger partial charge on any atom is -0.508 e. The van der Waals surface area contributed by atoms with Crippen molar-refractivity contribution in [2.24, 2.45) is 0 Å². The summed E-state index contributed by atoms with van der Waals surface area (Å²) in [5.41, 5.74) is -1.15. The quantitative estimate of drug-likeness (QED) is 0.304. The normalized spacial score (nSPS) is 19.5. The molecular formula is C25H37NO4. The predicted octanol–water partition coefficient (Wildman–Crippen LogP) is 4.11. The van der Waals surface area contributed by atoms with Crippen LogP contribution in [-0.4, -0.2) is 41.5 Å². The lowest BCUT2D eigenvalue weighted by Gasteiger charge is -2.14. The van der Waals surface area contributed by atoms with E-state index >= 15 is 0 Å². The molecule has 5 heteroatoms. The van der Waals surface area contributed by atoms with E-state index in [0.29, 0.717) is 32.5 Å². The smallest absolute Gasteiger partial charge is 0.121 e. The Kier molecular flexibility index (Phi) is 6.73. The van der Waals surface area contributed by atoms with E-state index in [-0.39, 0.29) is 6.42 Å². The van der Waals surface area contributed by atoms with Crippen molar-refractivity contribution in [1.82, 2.24) is 5.32 Å². The van der Waals surface area contributed by atoms with Gasteiger partial charge in [0.15, 0.2) is 0 Å². The van der Waals surface area contributed by atoms with Gasteiger partial charge in [-0.15, -0.1) is 0 Å². The number of aromatic hydroxyl groups is 1. The zero-order valence-corrected chi connectivity index (χ0v) is 17.0. The van der Waals surface area contributed by atoms with Crippen molar-refractivity contribution < 1.29 is 33.8 Å². The topological polar surface area (TPSA) is 82.0 Å². The van der Waals surface area contributed by atoms with Crippen molar-refractivity contribution in [3.8, 4) is 5.75 Å². The van der Waals surface area contributed by atoms with Gasteiger partial charge in [-0.05, 0) is 61.8 Å². The highest BCUT2D eigenvalue weighted by molar-refractivity contribution is 5.36. The van der Waals surface area contributed by atoms with E-state index in [1.54, 1.807) is 0 Å². The first kappa shape index (κ1) is 13.5. The van der Waals surface area contributed by atoms with Gasteiger partial charge in [0.25, 0.3) is 0 Å². The Morgan fingerprint density at radius 2 is 1.77 bits per heavy atom. The fraction of sp³-hybridized carbons (Fsp3) is 0.520. The van der Waals surface area contributed by atoms with Gasteiger partial charge in [-0.1, -0.05) is 49.2 Å². The largest absolute Gasteiger partial charge is 0.508 e. The van der Waals surface area contributed by atoms with Crippen LogP contribution in [0.25, 0.3) is 0 Å². The molecule has 2 aromatic rings. The third-order valence-corrected chi connectivity index (χ3v) is 4.35. The number of unbranched alkanes of at least 4 members (excludes halogenated alkanes) is 3. The number of aryl methyl sites for hydroxylation is 1. The molecule has 0 saturated heterocycles. The maximum atomic E-state index is 10.8. The molecule has 0 aliphatic rings. The third-order valence-electron chi connectivity index (χ3n) is 4.35. The van der Waals surface area contributed by atoms with Crippen molar-refractivity contribution in [3.63, 3.8) is 0 Å². The second-order valence-electron chi connectivity index (χ2n) is 6.73. The number of benzene rings is 2. The van der Waals surface area contributed by atoms with Crippen molar-refractivity contribution in [2.45, 2.75) is 57.6 Å². The van der Waals surface area contributed by atoms with Gasteiger partial charge in [0.05, 0.1) is 20.9 Å². The van der Waals surface area contributed by atoms with Crippen molar-refractivity contribution >= 4 is 0 Å². The van der Waals surface area contributed by atoms with E-state index in [2.05, 4.69) is 12.1 Å². The Labute approximate surface area is 194 Å². The number of hydrogen-bond donors (Lipinski definition) is 4. The van der Waals surface area contributed by atoms with Gasteiger partial charge in [-0.2, -0.15) is 0 Å². The van der Waals surface area contributed by atoms with Crippen LogP contribution in [0.2, 0.25) is 0 Å². The molecule has 30 heavy (non-hydrogen) atoms. The number of nitrogens with one attached hydrogen (secondary N) is 1. The predicted molar refractivity (Wildman–Crippen MR) is 121 cm³/mol. The van der Waals surface area contributed by atoms with Crippen LogP contribution in [-0.2, 0) is 17.7 Å². The highest BCUT2D eigenvalue weighted by Gasteiger charge is 2.09. The molecule has 1 unspecified atom stereocenters. The molecule has 2 rings (SSSR count). The second-order valence-corrected chi connectivity index (χ2v) is 6.73. The van der Waals surface area contributed by atoms with Gasteiger partial charge >= 0.3 is 0 Å². The lowest BCUT2D eigenvalue weighted by Crippen LogP contribution is -2.22. The summed E-state index contributed by atoms with van der Waals surface area (Å²) in [6, 6.07) is 6.62. The zero-order valence-electron chi connectivity index (χ0n) is 27.0. The summed E-state index contributed by atoms with van der Waals surface area (Å²) < 4.78 is 85.0. The molecule has 2 aromatic carbocycles. The number of hydrogen-bond acceptors (Lipinski definition) is 5. The minimum absolute atomic E-state index is 0.204. The average molecular weight is 426 g/mol. The SMILES string of the molecule is [2H]c1c([2H])c(C([2H])(O)C([2H])([2H])NC([2H])([2H])CCCCCOCCCCc2ccccc2)c([2H])c(C([2H])([2H])O)c1O. The van der Waals surface area contributed by atoms with Crippen LogP contribution in [0.4, 0.5) is 0 Å². The van der Waals surface area contributed by atoms with Crippen LogP contribution in [0.15, 0.2) is 48.5 Å². The first-order chi connectivity index (χ1) is 18.4. The van der Waals surface area contributed by atoms with Crippen molar-refractivity contribution in [2.75, 3.05) is 26.2 Å². The summed E-state index contributed by atoms with van der Waals surface area (Å²) in [4.78, 5) is 0. The molecule has 0 saturated carbocycles. The third kappa shape index (κ3) is 9.72. The first-order valence-corrected chi connectivity index (χ1v) is 10.1. The van der Waals surface area contributed by atoms with E-state index in [0.717, 1.165) is 19.3 Å². The summed E-state index contributed by atoms with van der Waals surface area (Å²) in [6.45, 7) is -8.07. The Morgan fingerprint density at radius 3 is 2.53 bits per heavy atom. The zero-order chi connectivity index (χ0) is 30.4. The first-order valence-electron chi connectivity index (χ1n) is 15.1. The Morgan fingerprint density at radius 1 is 1.03 bits per heavy atom. The van der Waals surface area contributed by atoms with E-state index < -0.39 is 60.6 Å². The molecule has 0 fully saturated rings.